The maximum Gasteiger partial charge on any atom is 0.223 e. The molecule has 0 unspecified atom stereocenters. The van der Waals surface area contributed by atoms with Gasteiger partial charge in [0.25, 0.3) is 0 Å². The minimum absolute atomic E-state index is 0.143. The molecule has 0 bridgehead atoms. The molecule has 2 heterocycles. The standard InChI is InChI=1S/C22H32N2O3/c25-22(19-7-11-26-12-8-19)23-15-18-13-21(14-18)27-20-5-3-17(4-6-20)16-24-9-1-2-10-24/h3-6,18-19,21H,1-2,7-16H2,(H,23,25). The van der Waals surface area contributed by atoms with Crippen molar-refractivity contribution in [2.45, 2.75) is 51.2 Å². The molecule has 0 spiro atoms. The minimum Gasteiger partial charge on any atom is -0.490 e. The van der Waals surface area contributed by atoms with Crippen LogP contribution >= 0.6 is 0 Å². The molecule has 1 N–H and O–H groups in total. The monoisotopic (exact) mass is 372 g/mol. The molecule has 4 rings (SSSR count). The van der Waals surface area contributed by atoms with Crippen LogP contribution in [0.15, 0.2) is 24.3 Å². The van der Waals surface area contributed by atoms with E-state index in [1.54, 1.807) is 0 Å². The van der Waals surface area contributed by atoms with Crippen LogP contribution in [0.1, 0.15) is 44.1 Å². The molecule has 148 valence electrons. The molecule has 0 atom stereocenters. The number of carbonyl (C=O) groups is 1. The van der Waals surface area contributed by atoms with E-state index in [4.69, 9.17) is 9.47 Å². The normalized spacial score (nSPS) is 26.5. The fourth-order valence-electron chi connectivity index (χ4n) is 4.35. The maximum atomic E-state index is 12.2. The maximum absolute atomic E-state index is 12.2. The predicted octanol–water partition coefficient (Wildman–Crippen LogP) is 2.98. The summed E-state index contributed by atoms with van der Waals surface area (Å²) in [6.07, 6.45) is 6.73. The van der Waals surface area contributed by atoms with E-state index in [1.807, 2.05) is 0 Å². The molecule has 1 aromatic carbocycles. The first-order valence-corrected chi connectivity index (χ1v) is 10.6. The molecular weight excluding hydrogens is 340 g/mol. The van der Waals surface area contributed by atoms with E-state index < -0.39 is 0 Å². The number of rotatable bonds is 7. The SMILES string of the molecule is O=C(NCC1CC(Oc2ccc(CN3CCCC3)cc2)C1)C1CCOCC1. The fraction of sp³-hybridized carbons (Fsp3) is 0.682. The molecule has 0 radical (unpaired) electrons. The molecule has 27 heavy (non-hydrogen) atoms. The number of hydrogen-bond donors (Lipinski definition) is 1. The molecule has 1 saturated carbocycles. The van der Waals surface area contributed by atoms with Crippen molar-refractivity contribution < 1.29 is 14.3 Å². The number of nitrogens with one attached hydrogen (secondary N) is 1. The van der Waals surface area contributed by atoms with Crippen molar-refractivity contribution in [3.8, 4) is 5.75 Å². The molecule has 5 heteroatoms. The Balaban J connectivity index is 1.13. The Hall–Kier alpha value is -1.59. The highest BCUT2D eigenvalue weighted by molar-refractivity contribution is 5.78. The van der Waals surface area contributed by atoms with Crippen LogP contribution in [-0.4, -0.2) is 49.8 Å². The van der Waals surface area contributed by atoms with E-state index in [0.29, 0.717) is 25.2 Å². The fourth-order valence-corrected chi connectivity index (χ4v) is 4.35. The first kappa shape index (κ1) is 18.8. The van der Waals surface area contributed by atoms with Crippen molar-refractivity contribution in [1.29, 1.82) is 0 Å². The van der Waals surface area contributed by atoms with Gasteiger partial charge < -0.3 is 14.8 Å². The number of hydrogen-bond acceptors (Lipinski definition) is 4. The van der Waals surface area contributed by atoms with Crippen LogP contribution in [0.2, 0.25) is 0 Å². The second-order valence-corrected chi connectivity index (χ2v) is 8.34. The summed E-state index contributed by atoms with van der Waals surface area (Å²) in [6.45, 7) is 5.73. The van der Waals surface area contributed by atoms with E-state index in [-0.39, 0.29) is 11.8 Å². The van der Waals surface area contributed by atoms with Crippen LogP contribution in [0.5, 0.6) is 5.75 Å². The molecule has 1 aromatic rings. The summed E-state index contributed by atoms with van der Waals surface area (Å²) >= 11 is 0. The quantitative estimate of drug-likeness (QED) is 0.799. The largest absolute Gasteiger partial charge is 0.490 e. The molecule has 2 saturated heterocycles. The number of carbonyl (C=O) groups excluding carboxylic acids is 1. The highest BCUT2D eigenvalue weighted by atomic mass is 16.5. The van der Waals surface area contributed by atoms with Crippen molar-refractivity contribution >= 4 is 5.91 Å². The highest BCUT2D eigenvalue weighted by Crippen LogP contribution is 2.31. The average molecular weight is 373 g/mol. The van der Waals surface area contributed by atoms with Crippen LogP contribution in [0.25, 0.3) is 0 Å². The van der Waals surface area contributed by atoms with Gasteiger partial charge in [0.05, 0.1) is 6.10 Å². The zero-order valence-electron chi connectivity index (χ0n) is 16.2. The average Bonchev–Trinajstić information content (AvgIpc) is 3.18. The summed E-state index contributed by atoms with van der Waals surface area (Å²) in [5.41, 5.74) is 1.37. The molecule has 1 aliphatic carbocycles. The third-order valence-electron chi connectivity index (χ3n) is 6.18. The van der Waals surface area contributed by atoms with Gasteiger partial charge in [0.15, 0.2) is 0 Å². The van der Waals surface area contributed by atoms with Crippen LogP contribution in [-0.2, 0) is 16.1 Å². The molecule has 3 fully saturated rings. The smallest absolute Gasteiger partial charge is 0.223 e. The van der Waals surface area contributed by atoms with Crippen molar-refractivity contribution in [2.24, 2.45) is 11.8 Å². The molecule has 2 aliphatic heterocycles. The summed E-state index contributed by atoms with van der Waals surface area (Å²) in [4.78, 5) is 14.7. The molecule has 3 aliphatic rings. The zero-order chi connectivity index (χ0) is 18.5. The Morgan fingerprint density at radius 3 is 2.52 bits per heavy atom. The van der Waals surface area contributed by atoms with E-state index in [0.717, 1.165) is 44.5 Å². The Morgan fingerprint density at radius 2 is 1.81 bits per heavy atom. The summed E-state index contributed by atoms with van der Waals surface area (Å²) in [6, 6.07) is 8.59. The lowest BCUT2D eigenvalue weighted by atomic mass is 9.82. The number of benzene rings is 1. The highest BCUT2D eigenvalue weighted by Gasteiger charge is 2.32. The summed E-state index contributed by atoms with van der Waals surface area (Å²) in [7, 11) is 0. The third kappa shape index (κ3) is 5.23. The zero-order valence-corrected chi connectivity index (χ0v) is 16.2. The lowest BCUT2D eigenvalue weighted by Gasteiger charge is -2.36. The Bertz CT molecular complexity index is 600. The van der Waals surface area contributed by atoms with Gasteiger partial charge in [-0.25, -0.2) is 0 Å². The Morgan fingerprint density at radius 1 is 1.11 bits per heavy atom. The van der Waals surface area contributed by atoms with Crippen LogP contribution in [0.4, 0.5) is 0 Å². The van der Waals surface area contributed by atoms with Gasteiger partial charge in [-0.1, -0.05) is 12.1 Å². The van der Waals surface area contributed by atoms with Crippen LogP contribution < -0.4 is 10.1 Å². The van der Waals surface area contributed by atoms with Crippen molar-refractivity contribution in [2.75, 3.05) is 32.8 Å². The summed E-state index contributed by atoms with van der Waals surface area (Å²) in [5.74, 6) is 1.87. The second kappa shape index (κ2) is 9.07. The van der Waals surface area contributed by atoms with Gasteiger partial charge in [0.2, 0.25) is 5.91 Å². The van der Waals surface area contributed by atoms with E-state index >= 15 is 0 Å². The minimum atomic E-state index is 0.143. The number of likely N-dealkylation sites (tertiary alicyclic amines) is 1. The van der Waals surface area contributed by atoms with Gasteiger partial charge in [-0.05, 0) is 75.2 Å². The van der Waals surface area contributed by atoms with Gasteiger partial charge >= 0.3 is 0 Å². The number of nitrogens with zero attached hydrogens (tertiary/aromatic N) is 1. The van der Waals surface area contributed by atoms with Crippen LogP contribution in [0.3, 0.4) is 0 Å². The summed E-state index contributed by atoms with van der Waals surface area (Å²) < 4.78 is 11.4. The molecule has 1 amide bonds. The van der Waals surface area contributed by atoms with Gasteiger partial charge in [-0.15, -0.1) is 0 Å². The van der Waals surface area contributed by atoms with Gasteiger partial charge in [-0.2, -0.15) is 0 Å². The van der Waals surface area contributed by atoms with Crippen molar-refractivity contribution in [1.82, 2.24) is 10.2 Å². The first-order valence-electron chi connectivity index (χ1n) is 10.6. The Labute approximate surface area is 162 Å². The molecule has 5 nitrogen and oxygen atoms in total. The van der Waals surface area contributed by atoms with Gasteiger partial charge in [-0.3, -0.25) is 9.69 Å². The lowest BCUT2D eigenvalue weighted by Crippen LogP contribution is -2.43. The number of ether oxygens (including phenoxy) is 2. The summed E-state index contributed by atoms with van der Waals surface area (Å²) in [5, 5.41) is 3.13. The van der Waals surface area contributed by atoms with Crippen LogP contribution in [0, 0.1) is 11.8 Å². The van der Waals surface area contributed by atoms with E-state index in [1.165, 1.54) is 31.5 Å². The molecule has 0 aromatic heterocycles. The molecular formula is C22H32N2O3. The topological polar surface area (TPSA) is 50.8 Å². The lowest BCUT2D eigenvalue weighted by molar-refractivity contribution is -0.128. The van der Waals surface area contributed by atoms with Crippen molar-refractivity contribution in [3.05, 3.63) is 29.8 Å². The Kier molecular flexibility index (Phi) is 6.30. The second-order valence-electron chi connectivity index (χ2n) is 8.34. The van der Waals surface area contributed by atoms with E-state index in [9.17, 15) is 4.79 Å². The predicted molar refractivity (Wildman–Crippen MR) is 105 cm³/mol. The van der Waals surface area contributed by atoms with Gasteiger partial charge in [0.1, 0.15) is 5.75 Å². The number of amides is 1. The third-order valence-corrected chi connectivity index (χ3v) is 6.18. The van der Waals surface area contributed by atoms with Gasteiger partial charge in [0, 0.05) is 32.2 Å². The first-order chi connectivity index (χ1) is 13.3. The van der Waals surface area contributed by atoms with E-state index in [2.05, 4.69) is 34.5 Å². The van der Waals surface area contributed by atoms with Crippen molar-refractivity contribution in [3.63, 3.8) is 0 Å².